The van der Waals surface area contributed by atoms with Crippen LogP contribution in [0.2, 0.25) is 0 Å². The zero-order valence-electron chi connectivity index (χ0n) is 16.5. The molecule has 0 aliphatic rings. The van der Waals surface area contributed by atoms with Crippen molar-refractivity contribution in [3.8, 4) is 17.2 Å². The number of rotatable bonds is 5. The monoisotopic (exact) mass is 401 g/mol. The molecule has 0 radical (unpaired) electrons. The van der Waals surface area contributed by atoms with E-state index in [4.69, 9.17) is 9.47 Å². The van der Waals surface area contributed by atoms with E-state index in [0.29, 0.717) is 17.2 Å². The maximum atomic E-state index is 12.9. The molecule has 3 rings (SSSR count). The van der Waals surface area contributed by atoms with Gasteiger partial charge in [0.1, 0.15) is 17.2 Å². The predicted octanol–water partition coefficient (Wildman–Crippen LogP) is 3.41. The molecule has 0 unspecified atom stereocenters. The van der Waals surface area contributed by atoms with Gasteiger partial charge in [0, 0.05) is 6.07 Å². The van der Waals surface area contributed by atoms with Gasteiger partial charge >= 0.3 is 0 Å². The summed E-state index contributed by atoms with van der Waals surface area (Å²) in [5, 5.41) is 7.70. The van der Waals surface area contributed by atoms with Crippen LogP contribution < -0.4 is 9.47 Å². The number of hydrogen-bond donors (Lipinski definition) is 0. The number of sulfone groups is 1. The lowest BCUT2D eigenvalue weighted by Gasteiger charge is -2.18. The Morgan fingerprint density at radius 3 is 2.21 bits per heavy atom. The molecule has 28 heavy (non-hydrogen) atoms. The SMILES string of the molecule is COc1ccc(OC)c(-n2cc(S(=O)(=O)c3ccc(C(C)(C)C)cc3)nn2)c1. The summed E-state index contributed by atoms with van der Waals surface area (Å²) in [6.45, 7) is 6.22. The van der Waals surface area contributed by atoms with Gasteiger partial charge in [0.15, 0.2) is 0 Å². The molecule has 0 aliphatic carbocycles. The minimum absolute atomic E-state index is 0.0612. The van der Waals surface area contributed by atoms with Crippen molar-refractivity contribution >= 4 is 9.84 Å². The van der Waals surface area contributed by atoms with Crippen LogP contribution >= 0.6 is 0 Å². The molecule has 1 aromatic heterocycles. The summed E-state index contributed by atoms with van der Waals surface area (Å²) in [6, 6.07) is 12.0. The van der Waals surface area contributed by atoms with Gasteiger partial charge in [-0.15, -0.1) is 5.10 Å². The van der Waals surface area contributed by atoms with Gasteiger partial charge in [-0.25, -0.2) is 13.1 Å². The highest BCUT2D eigenvalue weighted by atomic mass is 32.2. The van der Waals surface area contributed by atoms with Crippen molar-refractivity contribution in [2.24, 2.45) is 0 Å². The van der Waals surface area contributed by atoms with Crippen molar-refractivity contribution in [2.75, 3.05) is 14.2 Å². The molecule has 0 aliphatic heterocycles. The first-order chi connectivity index (χ1) is 13.2. The molecule has 0 amide bonds. The molecule has 3 aromatic rings. The molecule has 0 fully saturated rings. The van der Waals surface area contributed by atoms with E-state index >= 15 is 0 Å². The molecule has 0 saturated heterocycles. The Hall–Kier alpha value is -2.87. The molecule has 8 heteroatoms. The number of benzene rings is 2. The molecule has 0 bridgehead atoms. The molecule has 7 nitrogen and oxygen atoms in total. The Morgan fingerprint density at radius 1 is 0.964 bits per heavy atom. The third-order valence-electron chi connectivity index (χ3n) is 4.41. The first-order valence-electron chi connectivity index (χ1n) is 8.67. The predicted molar refractivity (Wildman–Crippen MR) is 105 cm³/mol. The number of nitrogens with zero attached hydrogens (tertiary/aromatic N) is 3. The summed E-state index contributed by atoms with van der Waals surface area (Å²) in [6.07, 6.45) is 1.37. The van der Waals surface area contributed by atoms with Gasteiger partial charge in [0.25, 0.3) is 0 Å². The Morgan fingerprint density at radius 2 is 1.64 bits per heavy atom. The third-order valence-corrected chi connectivity index (χ3v) is 6.04. The van der Waals surface area contributed by atoms with Crippen LogP contribution in [-0.4, -0.2) is 37.6 Å². The molecule has 0 atom stereocenters. The van der Waals surface area contributed by atoms with Crippen molar-refractivity contribution in [1.29, 1.82) is 0 Å². The summed E-state index contributed by atoms with van der Waals surface area (Å²) in [7, 11) is -0.720. The van der Waals surface area contributed by atoms with E-state index in [1.165, 1.54) is 18.0 Å². The fourth-order valence-corrected chi connectivity index (χ4v) is 3.84. The molecular formula is C20H23N3O4S. The van der Waals surface area contributed by atoms with Crippen molar-refractivity contribution < 1.29 is 17.9 Å². The van der Waals surface area contributed by atoms with Gasteiger partial charge in [0.05, 0.1) is 25.3 Å². The van der Waals surface area contributed by atoms with E-state index < -0.39 is 9.84 Å². The molecule has 1 heterocycles. The van der Waals surface area contributed by atoms with Gasteiger partial charge in [-0.3, -0.25) is 0 Å². The summed E-state index contributed by atoms with van der Waals surface area (Å²) in [5.41, 5.74) is 1.52. The summed E-state index contributed by atoms with van der Waals surface area (Å²) < 4.78 is 37.8. The van der Waals surface area contributed by atoms with Crippen LogP contribution in [0.5, 0.6) is 11.5 Å². The Kier molecular flexibility index (Phi) is 5.16. The second kappa shape index (κ2) is 7.27. The van der Waals surface area contributed by atoms with Crippen LogP contribution in [0.15, 0.2) is 58.6 Å². The standard InChI is InChI=1S/C20H23N3O4S/c1-20(2,3)14-6-9-16(10-7-14)28(24,25)19-13-23(22-21-19)17-12-15(26-4)8-11-18(17)27-5/h6-13H,1-5H3. The van der Waals surface area contributed by atoms with Crippen LogP contribution in [0.1, 0.15) is 26.3 Å². The van der Waals surface area contributed by atoms with Crippen molar-refractivity contribution in [3.63, 3.8) is 0 Å². The van der Waals surface area contributed by atoms with Crippen LogP contribution in [0.25, 0.3) is 5.69 Å². The quantitative estimate of drug-likeness (QED) is 0.651. The lowest BCUT2D eigenvalue weighted by atomic mass is 9.87. The molecular weight excluding hydrogens is 378 g/mol. The van der Waals surface area contributed by atoms with E-state index in [1.54, 1.807) is 37.4 Å². The van der Waals surface area contributed by atoms with Crippen LogP contribution in [0, 0.1) is 0 Å². The first-order valence-corrected chi connectivity index (χ1v) is 10.2. The Balaban J connectivity index is 1.99. The zero-order chi connectivity index (χ0) is 20.5. The lowest BCUT2D eigenvalue weighted by molar-refractivity contribution is 0.400. The van der Waals surface area contributed by atoms with Crippen LogP contribution in [0.4, 0.5) is 0 Å². The van der Waals surface area contributed by atoms with E-state index in [2.05, 4.69) is 31.1 Å². The average molecular weight is 401 g/mol. The maximum absolute atomic E-state index is 12.9. The smallest absolute Gasteiger partial charge is 0.227 e. The second-order valence-corrected chi connectivity index (χ2v) is 9.21. The molecule has 0 saturated carbocycles. The maximum Gasteiger partial charge on any atom is 0.227 e. The van der Waals surface area contributed by atoms with Crippen LogP contribution in [-0.2, 0) is 15.3 Å². The van der Waals surface area contributed by atoms with Crippen LogP contribution in [0.3, 0.4) is 0 Å². The zero-order valence-corrected chi connectivity index (χ0v) is 17.3. The fraction of sp³-hybridized carbons (Fsp3) is 0.300. The van der Waals surface area contributed by atoms with E-state index in [0.717, 1.165) is 5.56 Å². The largest absolute Gasteiger partial charge is 0.497 e. The Bertz CT molecular complexity index is 1080. The number of methoxy groups -OCH3 is 2. The molecule has 0 N–H and O–H groups in total. The van der Waals surface area contributed by atoms with Crippen molar-refractivity contribution in [2.45, 2.75) is 36.1 Å². The molecule has 0 spiro atoms. The second-order valence-electron chi connectivity index (χ2n) is 7.32. The van der Waals surface area contributed by atoms with E-state index in [-0.39, 0.29) is 15.3 Å². The van der Waals surface area contributed by atoms with Gasteiger partial charge in [-0.1, -0.05) is 38.1 Å². The average Bonchev–Trinajstić information content (AvgIpc) is 3.17. The van der Waals surface area contributed by atoms with E-state index in [9.17, 15) is 8.42 Å². The summed E-state index contributed by atoms with van der Waals surface area (Å²) in [5.74, 6) is 1.11. The van der Waals surface area contributed by atoms with E-state index in [1.807, 2.05) is 12.1 Å². The summed E-state index contributed by atoms with van der Waals surface area (Å²) >= 11 is 0. The normalized spacial score (nSPS) is 12.0. The van der Waals surface area contributed by atoms with Gasteiger partial charge in [-0.05, 0) is 35.2 Å². The lowest BCUT2D eigenvalue weighted by Crippen LogP contribution is -2.11. The topological polar surface area (TPSA) is 83.3 Å². The van der Waals surface area contributed by atoms with Crippen molar-refractivity contribution in [1.82, 2.24) is 15.0 Å². The number of ether oxygens (including phenoxy) is 2. The van der Waals surface area contributed by atoms with Gasteiger partial charge in [-0.2, -0.15) is 0 Å². The molecule has 2 aromatic carbocycles. The summed E-state index contributed by atoms with van der Waals surface area (Å²) in [4.78, 5) is 0.171. The number of aromatic nitrogens is 3. The molecule has 148 valence electrons. The number of hydrogen-bond acceptors (Lipinski definition) is 6. The highest BCUT2D eigenvalue weighted by Crippen LogP contribution is 2.29. The highest BCUT2D eigenvalue weighted by Gasteiger charge is 2.24. The first kappa shape index (κ1) is 19.9. The van der Waals surface area contributed by atoms with Crippen molar-refractivity contribution in [3.05, 3.63) is 54.2 Å². The minimum Gasteiger partial charge on any atom is -0.497 e. The minimum atomic E-state index is -3.79. The van der Waals surface area contributed by atoms with Gasteiger partial charge < -0.3 is 9.47 Å². The Labute approximate surface area is 164 Å². The highest BCUT2D eigenvalue weighted by molar-refractivity contribution is 7.91. The third kappa shape index (κ3) is 3.73. The fourth-order valence-electron chi connectivity index (χ4n) is 2.72. The van der Waals surface area contributed by atoms with Gasteiger partial charge in [0.2, 0.25) is 14.9 Å².